The molecule has 0 bridgehead atoms. The van der Waals surface area contributed by atoms with Crippen molar-refractivity contribution in [1.82, 2.24) is 5.32 Å². The van der Waals surface area contributed by atoms with E-state index >= 15 is 0 Å². The Balaban J connectivity index is 2.42. The highest BCUT2D eigenvalue weighted by molar-refractivity contribution is 9.11. The summed E-state index contributed by atoms with van der Waals surface area (Å²) < 4.78 is 1.22. The van der Waals surface area contributed by atoms with Crippen LogP contribution in [0.4, 0.5) is 0 Å². The van der Waals surface area contributed by atoms with Gasteiger partial charge < -0.3 is 5.32 Å². The lowest BCUT2D eigenvalue weighted by Gasteiger charge is -1.93. The number of nitrogens with one attached hydrogen (secondary N) is 1. The molecule has 10 heavy (non-hydrogen) atoms. The van der Waals surface area contributed by atoms with Crippen LogP contribution in [-0.4, -0.2) is 13.6 Å². The van der Waals surface area contributed by atoms with Gasteiger partial charge in [0.2, 0.25) is 0 Å². The van der Waals surface area contributed by atoms with Crippen molar-refractivity contribution in [2.24, 2.45) is 0 Å². The van der Waals surface area contributed by atoms with Crippen LogP contribution in [0.3, 0.4) is 0 Å². The van der Waals surface area contributed by atoms with E-state index in [1.165, 1.54) is 8.66 Å². The van der Waals surface area contributed by atoms with Crippen molar-refractivity contribution < 1.29 is 0 Å². The number of rotatable bonds is 3. The van der Waals surface area contributed by atoms with Crippen molar-refractivity contribution in [2.75, 3.05) is 13.6 Å². The van der Waals surface area contributed by atoms with Gasteiger partial charge in [-0.15, -0.1) is 11.3 Å². The maximum atomic E-state index is 3.42. The summed E-state index contributed by atoms with van der Waals surface area (Å²) in [7, 11) is 1.97. The van der Waals surface area contributed by atoms with Crippen LogP contribution in [0, 0.1) is 0 Å². The minimum Gasteiger partial charge on any atom is -0.319 e. The topological polar surface area (TPSA) is 12.0 Å². The fourth-order valence-corrected chi connectivity index (χ4v) is 2.22. The molecule has 1 aromatic heterocycles. The molecule has 1 nitrogen and oxygen atoms in total. The highest BCUT2D eigenvalue weighted by atomic mass is 79.9. The number of halogens is 1. The molecule has 0 saturated carbocycles. The third kappa shape index (κ3) is 2.40. The van der Waals surface area contributed by atoms with Crippen molar-refractivity contribution >= 4 is 27.3 Å². The van der Waals surface area contributed by atoms with Crippen molar-refractivity contribution in [3.05, 3.63) is 20.8 Å². The number of likely N-dealkylation sites (N-methyl/N-ethyl adjacent to an activating group) is 1. The number of hydrogen-bond donors (Lipinski definition) is 1. The second-order valence-corrected chi connectivity index (χ2v) is 4.61. The van der Waals surface area contributed by atoms with E-state index in [0.717, 1.165) is 13.0 Å². The summed E-state index contributed by atoms with van der Waals surface area (Å²) in [6.45, 7) is 1.06. The molecule has 3 heteroatoms. The Morgan fingerprint density at radius 2 is 2.40 bits per heavy atom. The fraction of sp³-hybridized carbons (Fsp3) is 0.429. The third-order valence-electron chi connectivity index (χ3n) is 1.25. The van der Waals surface area contributed by atoms with Crippen molar-refractivity contribution in [2.45, 2.75) is 6.42 Å². The van der Waals surface area contributed by atoms with Gasteiger partial charge in [0.1, 0.15) is 0 Å². The highest BCUT2D eigenvalue weighted by Crippen LogP contribution is 2.21. The lowest BCUT2D eigenvalue weighted by molar-refractivity contribution is 0.799. The van der Waals surface area contributed by atoms with Crippen molar-refractivity contribution in [1.29, 1.82) is 0 Å². The Labute approximate surface area is 73.6 Å². The highest BCUT2D eigenvalue weighted by Gasteiger charge is 1.94. The number of hydrogen-bond acceptors (Lipinski definition) is 2. The number of thiophene rings is 1. The Bertz CT molecular complexity index is 197. The van der Waals surface area contributed by atoms with Gasteiger partial charge >= 0.3 is 0 Å². The standard InChI is InChI=1S/C7H10BrNS/c1-9-5-4-6-2-3-7(8)10-6/h2-3,9H,4-5H2,1H3. The van der Waals surface area contributed by atoms with E-state index in [9.17, 15) is 0 Å². The summed E-state index contributed by atoms with van der Waals surface area (Å²) in [5.74, 6) is 0. The van der Waals surface area contributed by atoms with Gasteiger partial charge in [-0.05, 0) is 48.1 Å². The average molecular weight is 220 g/mol. The minimum absolute atomic E-state index is 1.06. The molecule has 0 aliphatic rings. The maximum Gasteiger partial charge on any atom is 0.0701 e. The zero-order valence-corrected chi connectivity index (χ0v) is 8.26. The molecule has 0 unspecified atom stereocenters. The van der Waals surface area contributed by atoms with Gasteiger partial charge in [-0.2, -0.15) is 0 Å². The predicted octanol–water partition coefficient (Wildman–Crippen LogP) is 2.27. The molecule has 0 fully saturated rings. The first-order valence-electron chi connectivity index (χ1n) is 3.22. The first kappa shape index (κ1) is 8.24. The largest absolute Gasteiger partial charge is 0.319 e. The smallest absolute Gasteiger partial charge is 0.0701 e. The fourth-order valence-electron chi connectivity index (χ4n) is 0.734. The summed E-state index contributed by atoms with van der Waals surface area (Å²) in [4.78, 5) is 1.43. The van der Waals surface area contributed by atoms with E-state index in [1.807, 2.05) is 7.05 Å². The van der Waals surface area contributed by atoms with E-state index in [-0.39, 0.29) is 0 Å². The van der Waals surface area contributed by atoms with E-state index in [4.69, 9.17) is 0 Å². The second kappa shape index (κ2) is 4.11. The van der Waals surface area contributed by atoms with E-state index in [1.54, 1.807) is 11.3 Å². The molecule has 0 amide bonds. The molecule has 1 aromatic rings. The van der Waals surface area contributed by atoms with Gasteiger partial charge in [0.25, 0.3) is 0 Å². The molecular formula is C7H10BrNS. The second-order valence-electron chi connectivity index (χ2n) is 2.06. The maximum absolute atomic E-state index is 3.42. The molecule has 0 radical (unpaired) electrons. The molecule has 0 aliphatic heterocycles. The first-order chi connectivity index (χ1) is 4.83. The van der Waals surface area contributed by atoms with E-state index < -0.39 is 0 Å². The van der Waals surface area contributed by atoms with Crippen molar-refractivity contribution in [3.63, 3.8) is 0 Å². The lowest BCUT2D eigenvalue weighted by Crippen LogP contribution is -2.09. The van der Waals surface area contributed by atoms with Crippen LogP contribution in [0.5, 0.6) is 0 Å². The first-order valence-corrected chi connectivity index (χ1v) is 4.82. The average Bonchev–Trinajstić information content (AvgIpc) is 2.31. The van der Waals surface area contributed by atoms with Crippen LogP contribution in [0.2, 0.25) is 0 Å². The zero-order valence-electron chi connectivity index (χ0n) is 5.86. The van der Waals surface area contributed by atoms with Crippen molar-refractivity contribution in [3.8, 4) is 0 Å². The minimum atomic E-state index is 1.06. The van der Waals surface area contributed by atoms with E-state index in [0.29, 0.717) is 0 Å². The Morgan fingerprint density at radius 1 is 1.60 bits per heavy atom. The molecule has 1 N–H and O–H groups in total. The van der Waals surface area contributed by atoms with Gasteiger partial charge in [0.05, 0.1) is 3.79 Å². The van der Waals surface area contributed by atoms with Crippen LogP contribution in [0.1, 0.15) is 4.88 Å². The Kier molecular flexibility index (Phi) is 3.39. The lowest BCUT2D eigenvalue weighted by atomic mass is 10.3. The molecule has 0 aliphatic carbocycles. The van der Waals surface area contributed by atoms with Gasteiger partial charge in [0, 0.05) is 4.88 Å². The summed E-state index contributed by atoms with van der Waals surface area (Å²) in [6, 6.07) is 4.25. The predicted molar refractivity (Wildman–Crippen MR) is 49.6 cm³/mol. The van der Waals surface area contributed by atoms with Gasteiger partial charge in [-0.1, -0.05) is 0 Å². The summed E-state index contributed by atoms with van der Waals surface area (Å²) in [6.07, 6.45) is 1.13. The zero-order chi connectivity index (χ0) is 7.40. The summed E-state index contributed by atoms with van der Waals surface area (Å²) >= 11 is 5.23. The van der Waals surface area contributed by atoms with E-state index in [2.05, 4.69) is 33.4 Å². The Morgan fingerprint density at radius 3 is 2.90 bits per heavy atom. The normalized spacial score (nSPS) is 10.2. The van der Waals surface area contributed by atoms with Crippen LogP contribution in [-0.2, 0) is 6.42 Å². The molecular weight excluding hydrogens is 210 g/mol. The van der Waals surface area contributed by atoms with Crippen LogP contribution in [0.25, 0.3) is 0 Å². The van der Waals surface area contributed by atoms with Gasteiger partial charge in [-0.3, -0.25) is 0 Å². The molecule has 1 heterocycles. The van der Waals surface area contributed by atoms with Gasteiger partial charge in [-0.25, -0.2) is 0 Å². The Hall–Kier alpha value is 0.140. The molecule has 0 aromatic carbocycles. The summed E-state index contributed by atoms with van der Waals surface area (Å²) in [5.41, 5.74) is 0. The third-order valence-corrected chi connectivity index (χ3v) is 2.93. The monoisotopic (exact) mass is 219 g/mol. The van der Waals surface area contributed by atoms with Crippen LogP contribution in [0.15, 0.2) is 15.9 Å². The quantitative estimate of drug-likeness (QED) is 0.823. The molecule has 0 spiro atoms. The summed E-state index contributed by atoms with van der Waals surface area (Å²) in [5, 5.41) is 3.12. The SMILES string of the molecule is CNCCc1ccc(Br)s1. The molecule has 0 atom stereocenters. The van der Waals surface area contributed by atoms with Crippen LogP contribution >= 0.6 is 27.3 Å². The van der Waals surface area contributed by atoms with Crippen LogP contribution < -0.4 is 5.32 Å². The molecule has 1 rings (SSSR count). The van der Waals surface area contributed by atoms with Gasteiger partial charge in [0.15, 0.2) is 0 Å². The molecule has 0 saturated heterocycles. The molecule has 56 valence electrons.